The molecule has 1 aliphatic rings. The zero-order valence-corrected chi connectivity index (χ0v) is 17.9. The van der Waals surface area contributed by atoms with E-state index in [0.29, 0.717) is 0 Å². The quantitative estimate of drug-likeness (QED) is 0.610. The predicted molar refractivity (Wildman–Crippen MR) is 118 cm³/mol. The van der Waals surface area contributed by atoms with Crippen LogP contribution in [0.2, 0.25) is 5.02 Å². The van der Waals surface area contributed by atoms with E-state index in [1.807, 2.05) is 49.7 Å². The molecule has 27 heavy (non-hydrogen) atoms. The van der Waals surface area contributed by atoms with Crippen molar-refractivity contribution in [3.63, 3.8) is 0 Å². The van der Waals surface area contributed by atoms with E-state index in [4.69, 9.17) is 11.6 Å². The number of rotatable bonds is 5. The van der Waals surface area contributed by atoms with Crippen LogP contribution in [0.5, 0.6) is 0 Å². The van der Waals surface area contributed by atoms with Crippen LogP contribution in [0.15, 0.2) is 41.5 Å². The molecule has 0 amide bonds. The summed E-state index contributed by atoms with van der Waals surface area (Å²) >= 11 is 8.12. The number of nitrogens with one attached hydrogen (secondary N) is 1. The lowest BCUT2D eigenvalue weighted by Crippen LogP contribution is -2.38. The van der Waals surface area contributed by atoms with Gasteiger partial charge in [0.2, 0.25) is 0 Å². The van der Waals surface area contributed by atoms with Gasteiger partial charge < -0.3 is 19.7 Å². The van der Waals surface area contributed by atoms with Crippen molar-refractivity contribution in [2.24, 2.45) is 12.0 Å². The Morgan fingerprint density at radius 3 is 2.56 bits per heavy atom. The number of aromatic nitrogens is 1. The number of anilines is 1. The molecule has 7 heteroatoms. The van der Waals surface area contributed by atoms with Crippen molar-refractivity contribution in [3.8, 4) is 0 Å². The Kier molecular flexibility index (Phi) is 6.96. The highest BCUT2D eigenvalue weighted by Crippen LogP contribution is 2.20. The summed E-state index contributed by atoms with van der Waals surface area (Å²) in [4.78, 5) is 8.97. The molecule has 0 spiro atoms. The Hall–Kier alpha value is -1.79. The summed E-state index contributed by atoms with van der Waals surface area (Å²) < 4.78 is 2.05. The molecule has 0 bridgehead atoms. The van der Waals surface area contributed by atoms with Crippen LogP contribution in [-0.4, -0.2) is 54.1 Å². The highest BCUT2D eigenvalue weighted by Gasteiger charge is 2.12. The van der Waals surface area contributed by atoms with E-state index in [-0.39, 0.29) is 0 Å². The van der Waals surface area contributed by atoms with Gasteiger partial charge in [-0.2, -0.15) is 11.8 Å². The highest BCUT2D eigenvalue weighted by atomic mass is 35.5. The Balaban J connectivity index is 1.54. The van der Waals surface area contributed by atoms with Gasteiger partial charge in [-0.25, -0.2) is 0 Å². The average Bonchev–Trinajstić information content (AvgIpc) is 3.00. The maximum Gasteiger partial charge on any atom is 0.194 e. The van der Waals surface area contributed by atoms with Crippen LogP contribution >= 0.6 is 23.4 Å². The molecule has 0 aliphatic carbocycles. The fourth-order valence-corrected chi connectivity index (χ4v) is 4.43. The number of aliphatic imine (C=N–C) groups is 1. The van der Waals surface area contributed by atoms with Gasteiger partial charge in [0, 0.05) is 69.9 Å². The van der Waals surface area contributed by atoms with E-state index in [1.165, 1.54) is 22.8 Å². The SMILES string of the molecule is CN=C(NCc1ccc(N2CCSCC2)cc1)N(C)Cc1cc(Cl)cn1C. The first-order valence-corrected chi connectivity index (χ1v) is 10.7. The van der Waals surface area contributed by atoms with Gasteiger partial charge in [-0.05, 0) is 23.8 Å². The lowest BCUT2D eigenvalue weighted by atomic mass is 10.2. The minimum Gasteiger partial charge on any atom is -0.370 e. The van der Waals surface area contributed by atoms with E-state index in [9.17, 15) is 0 Å². The second-order valence-corrected chi connectivity index (χ2v) is 8.44. The molecule has 0 unspecified atom stereocenters. The van der Waals surface area contributed by atoms with Crippen molar-refractivity contribution >= 4 is 35.0 Å². The molecule has 3 rings (SSSR count). The molecule has 0 atom stereocenters. The second kappa shape index (κ2) is 9.42. The molecule has 1 aliphatic heterocycles. The summed E-state index contributed by atoms with van der Waals surface area (Å²) in [6.45, 7) is 3.78. The van der Waals surface area contributed by atoms with Gasteiger partial charge in [-0.15, -0.1) is 0 Å². The fraction of sp³-hybridized carbons (Fsp3) is 0.450. The summed E-state index contributed by atoms with van der Waals surface area (Å²) in [7, 11) is 5.86. The minimum atomic E-state index is 0.745. The molecule has 146 valence electrons. The maximum atomic E-state index is 6.08. The summed E-state index contributed by atoms with van der Waals surface area (Å²) in [6.07, 6.45) is 1.92. The Morgan fingerprint density at radius 2 is 1.96 bits per heavy atom. The first-order chi connectivity index (χ1) is 13.1. The number of aryl methyl sites for hydroxylation is 1. The molecule has 1 saturated heterocycles. The van der Waals surface area contributed by atoms with Crippen molar-refractivity contribution < 1.29 is 0 Å². The third-order valence-electron chi connectivity index (χ3n) is 4.81. The Bertz CT molecular complexity index is 765. The van der Waals surface area contributed by atoms with Gasteiger partial charge in [-0.1, -0.05) is 23.7 Å². The van der Waals surface area contributed by atoms with Gasteiger partial charge in [0.05, 0.1) is 11.6 Å². The number of nitrogens with zero attached hydrogens (tertiary/aromatic N) is 4. The van der Waals surface area contributed by atoms with Gasteiger partial charge in [-0.3, -0.25) is 4.99 Å². The number of hydrogen-bond donors (Lipinski definition) is 1. The van der Waals surface area contributed by atoms with E-state index in [0.717, 1.165) is 42.9 Å². The molecular formula is C20H28ClN5S. The molecule has 1 fully saturated rings. The van der Waals surface area contributed by atoms with Crippen LogP contribution in [-0.2, 0) is 20.1 Å². The summed E-state index contributed by atoms with van der Waals surface area (Å²) in [5, 5.41) is 4.21. The predicted octanol–water partition coefficient (Wildman–Crippen LogP) is 3.44. The molecule has 2 aromatic rings. The monoisotopic (exact) mass is 405 g/mol. The number of guanidine groups is 1. The largest absolute Gasteiger partial charge is 0.370 e. The maximum absolute atomic E-state index is 6.08. The summed E-state index contributed by atoms with van der Waals surface area (Å²) in [5.41, 5.74) is 3.72. The van der Waals surface area contributed by atoms with E-state index in [1.54, 1.807) is 0 Å². The highest BCUT2D eigenvalue weighted by molar-refractivity contribution is 7.99. The second-order valence-electron chi connectivity index (χ2n) is 6.78. The topological polar surface area (TPSA) is 35.8 Å². The van der Waals surface area contributed by atoms with E-state index < -0.39 is 0 Å². The van der Waals surface area contributed by atoms with Gasteiger partial charge >= 0.3 is 0 Å². The molecule has 0 saturated carbocycles. The minimum absolute atomic E-state index is 0.745. The lowest BCUT2D eigenvalue weighted by Gasteiger charge is -2.28. The van der Waals surface area contributed by atoms with Crippen LogP contribution in [0.1, 0.15) is 11.3 Å². The standard InChI is InChI=1S/C20H28ClN5S/c1-22-20(25(3)15-19-12-17(21)14-24(19)2)23-13-16-4-6-18(7-5-16)26-8-10-27-11-9-26/h4-7,12,14H,8-11,13,15H2,1-3H3,(H,22,23). The Morgan fingerprint density at radius 1 is 1.26 bits per heavy atom. The summed E-state index contributed by atoms with van der Waals surface area (Å²) in [5.74, 6) is 3.31. The molecular weight excluding hydrogens is 378 g/mol. The zero-order chi connectivity index (χ0) is 19.2. The van der Waals surface area contributed by atoms with Gasteiger partial charge in [0.25, 0.3) is 0 Å². The van der Waals surface area contributed by atoms with E-state index in [2.05, 4.69) is 44.4 Å². The molecule has 5 nitrogen and oxygen atoms in total. The molecule has 1 N–H and O–H groups in total. The molecule has 0 radical (unpaired) electrons. The molecule has 1 aromatic heterocycles. The van der Waals surface area contributed by atoms with Crippen molar-refractivity contribution in [1.29, 1.82) is 0 Å². The zero-order valence-electron chi connectivity index (χ0n) is 16.3. The van der Waals surface area contributed by atoms with E-state index >= 15 is 0 Å². The van der Waals surface area contributed by atoms with Gasteiger partial charge in [0.15, 0.2) is 5.96 Å². The number of hydrogen-bond acceptors (Lipinski definition) is 3. The first kappa shape index (κ1) is 20.0. The normalized spacial score (nSPS) is 15.1. The average molecular weight is 406 g/mol. The third kappa shape index (κ3) is 5.36. The van der Waals surface area contributed by atoms with Crippen molar-refractivity contribution in [2.75, 3.05) is 43.6 Å². The summed E-state index contributed by atoms with van der Waals surface area (Å²) in [6, 6.07) is 10.8. The lowest BCUT2D eigenvalue weighted by molar-refractivity contribution is 0.461. The molecule has 1 aromatic carbocycles. The van der Waals surface area contributed by atoms with Crippen LogP contribution in [0, 0.1) is 0 Å². The smallest absolute Gasteiger partial charge is 0.194 e. The van der Waals surface area contributed by atoms with Crippen LogP contribution in [0.3, 0.4) is 0 Å². The van der Waals surface area contributed by atoms with Crippen LogP contribution in [0.25, 0.3) is 0 Å². The number of halogens is 1. The van der Waals surface area contributed by atoms with Gasteiger partial charge in [0.1, 0.15) is 0 Å². The third-order valence-corrected chi connectivity index (χ3v) is 5.96. The molecule has 2 heterocycles. The van der Waals surface area contributed by atoms with Crippen molar-refractivity contribution in [1.82, 2.24) is 14.8 Å². The Labute approximate surface area is 171 Å². The van der Waals surface area contributed by atoms with Crippen LogP contribution in [0.4, 0.5) is 5.69 Å². The number of thioether (sulfide) groups is 1. The van der Waals surface area contributed by atoms with Crippen molar-refractivity contribution in [3.05, 3.63) is 52.8 Å². The van der Waals surface area contributed by atoms with Crippen LogP contribution < -0.4 is 10.2 Å². The first-order valence-electron chi connectivity index (χ1n) is 9.21. The van der Waals surface area contributed by atoms with Crippen molar-refractivity contribution in [2.45, 2.75) is 13.1 Å². The number of benzene rings is 1. The fourth-order valence-electron chi connectivity index (χ4n) is 3.25.